The third kappa shape index (κ3) is 4.12. The second-order valence-electron chi connectivity index (χ2n) is 7.29. The first kappa shape index (κ1) is 20.2. The minimum Gasteiger partial charge on any atom is -0.341 e. The average molecular weight is 460 g/mol. The zero-order valence-electron chi connectivity index (χ0n) is 17.0. The minimum absolute atomic E-state index is 0.00823. The molecule has 2 aromatic heterocycles. The van der Waals surface area contributed by atoms with Crippen LogP contribution in [0, 0.1) is 6.92 Å². The van der Waals surface area contributed by atoms with Gasteiger partial charge in [-0.2, -0.15) is 0 Å². The highest BCUT2D eigenvalue weighted by atomic mass is 79.9. The molecule has 5 heteroatoms. The Morgan fingerprint density at radius 3 is 2.53 bits per heavy atom. The van der Waals surface area contributed by atoms with Gasteiger partial charge < -0.3 is 4.90 Å². The van der Waals surface area contributed by atoms with E-state index in [9.17, 15) is 4.79 Å². The number of hydrogen-bond acceptors (Lipinski definition) is 3. The van der Waals surface area contributed by atoms with Crippen LogP contribution in [-0.4, -0.2) is 34.4 Å². The second kappa shape index (κ2) is 8.76. The smallest absolute Gasteiger partial charge is 0.254 e. The van der Waals surface area contributed by atoms with Gasteiger partial charge in [-0.05, 0) is 42.8 Å². The number of benzene rings is 2. The monoisotopic (exact) mass is 459 g/mol. The van der Waals surface area contributed by atoms with Crippen LogP contribution < -0.4 is 0 Å². The van der Waals surface area contributed by atoms with Gasteiger partial charge in [-0.3, -0.25) is 9.78 Å². The molecule has 0 fully saturated rings. The summed E-state index contributed by atoms with van der Waals surface area (Å²) in [6.07, 6.45) is 2.49. The van der Waals surface area contributed by atoms with Gasteiger partial charge in [-0.1, -0.05) is 52.3 Å². The van der Waals surface area contributed by atoms with E-state index in [1.165, 1.54) is 0 Å². The molecule has 0 aliphatic rings. The Balaban J connectivity index is 1.76. The predicted octanol–water partition coefficient (Wildman–Crippen LogP) is 5.68. The van der Waals surface area contributed by atoms with Gasteiger partial charge in [0, 0.05) is 47.3 Å². The van der Waals surface area contributed by atoms with E-state index in [1.54, 1.807) is 11.1 Å². The number of nitrogens with zero attached hydrogens (tertiary/aromatic N) is 3. The van der Waals surface area contributed by atoms with Crippen LogP contribution in [0.5, 0.6) is 0 Å². The summed E-state index contributed by atoms with van der Waals surface area (Å²) in [6, 6.07) is 21.7. The molecular weight excluding hydrogens is 438 g/mol. The summed E-state index contributed by atoms with van der Waals surface area (Å²) in [5.74, 6) is -0.00823. The van der Waals surface area contributed by atoms with Crippen LogP contribution in [0.25, 0.3) is 22.2 Å². The number of amides is 1. The lowest BCUT2D eigenvalue weighted by Crippen LogP contribution is -2.30. The summed E-state index contributed by atoms with van der Waals surface area (Å²) < 4.78 is 0.925. The SMILES string of the molecule is Cc1c(-c2ccccc2)nc2ccc(Br)cc2c1C(=O)N(C)CCc1ccccn1. The van der Waals surface area contributed by atoms with Gasteiger partial charge in [0.05, 0.1) is 16.8 Å². The number of aromatic nitrogens is 2. The van der Waals surface area contributed by atoms with Crippen molar-refractivity contribution in [3.8, 4) is 11.3 Å². The van der Waals surface area contributed by atoms with Crippen molar-refractivity contribution in [2.75, 3.05) is 13.6 Å². The molecule has 4 rings (SSSR count). The van der Waals surface area contributed by atoms with Gasteiger partial charge >= 0.3 is 0 Å². The lowest BCUT2D eigenvalue weighted by atomic mass is 9.97. The van der Waals surface area contributed by atoms with Crippen molar-refractivity contribution >= 4 is 32.7 Å². The summed E-state index contributed by atoms with van der Waals surface area (Å²) in [4.78, 5) is 24.6. The summed E-state index contributed by atoms with van der Waals surface area (Å²) in [6.45, 7) is 2.57. The van der Waals surface area contributed by atoms with Crippen LogP contribution in [0.2, 0.25) is 0 Å². The van der Waals surface area contributed by atoms with E-state index in [0.29, 0.717) is 18.5 Å². The Bertz CT molecular complexity index is 1190. The highest BCUT2D eigenvalue weighted by Gasteiger charge is 2.22. The predicted molar refractivity (Wildman–Crippen MR) is 125 cm³/mol. The Hall–Kier alpha value is -3.05. The van der Waals surface area contributed by atoms with E-state index in [2.05, 4.69) is 20.9 Å². The quantitative estimate of drug-likeness (QED) is 0.385. The molecule has 0 aliphatic carbocycles. The van der Waals surface area contributed by atoms with Gasteiger partial charge in [0.2, 0.25) is 0 Å². The number of fused-ring (bicyclic) bond motifs is 1. The maximum Gasteiger partial charge on any atom is 0.254 e. The molecule has 0 unspecified atom stereocenters. The normalized spacial score (nSPS) is 10.9. The van der Waals surface area contributed by atoms with E-state index in [4.69, 9.17) is 4.98 Å². The largest absolute Gasteiger partial charge is 0.341 e. The topological polar surface area (TPSA) is 46.1 Å². The summed E-state index contributed by atoms with van der Waals surface area (Å²) >= 11 is 3.54. The maximum absolute atomic E-state index is 13.6. The van der Waals surface area contributed by atoms with Crippen molar-refractivity contribution in [1.29, 1.82) is 0 Å². The molecule has 1 amide bonds. The fraction of sp³-hybridized carbons (Fsp3) is 0.160. The second-order valence-corrected chi connectivity index (χ2v) is 8.20. The molecule has 4 aromatic rings. The van der Waals surface area contributed by atoms with Crippen molar-refractivity contribution in [1.82, 2.24) is 14.9 Å². The lowest BCUT2D eigenvalue weighted by Gasteiger charge is -2.21. The number of hydrogen-bond donors (Lipinski definition) is 0. The molecule has 0 bridgehead atoms. The van der Waals surface area contributed by atoms with Crippen LogP contribution in [-0.2, 0) is 6.42 Å². The van der Waals surface area contributed by atoms with Gasteiger partial charge in [0.1, 0.15) is 0 Å². The van der Waals surface area contributed by atoms with Crippen LogP contribution >= 0.6 is 15.9 Å². The zero-order chi connectivity index (χ0) is 21.1. The van der Waals surface area contributed by atoms with E-state index in [0.717, 1.165) is 37.9 Å². The van der Waals surface area contributed by atoms with E-state index >= 15 is 0 Å². The van der Waals surface area contributed by atoms with Gasteiger partial charge in [0.15, 0.2) is 0 Å². The van der Waals surface area contributed by atoms with E-state index in [-0.39, 0.29) is 5.91 Å². The number of pyridine rings is 2. The highest BCUT2D eigenvalue weighted by molar-refractivity contribution is 9.10. The van der Waals surface area contributed by atoms with Gasteiger partial charge in [0.25, 0.3) is 5.91 Å². The Labute approximate surface area is 184 Å². The van der Waals surface area contributed by atoms with Crippen LogP contribution in [0.1, 0.15) is 21.6 Å². The molecule has 0 aliphatic heterocycles. The number of carbonyl (C=O) groups is 1. The number of rotatable bonds is 5. The molecule has 0 spiro atoms. The lowest BCUT2D eigenvalue weighted by molar-refractivity contribution is 0.0797. The van der Waals surface area contributed by atoms with Crippen molar-refractivity contribution in [2.45, 2.75) is 13.3 Å². The Morgan fingerprint density at radius 1 is 1.03 bits per heavy atom. The van der Waals surface area contributed by atoms with Crippen molar-refractivity contribution in [3.05, 3.63) is 94.2 Å². The fourth-order valence-corrected chi connectivity index (χ4v) is 3.97. The molecule has 0 radical (unpaired) electrons. The van der Waals surface area contributed by atoms with Gasteiger partial charge in [-0.25, -0.2) is 4.98 Å². The summed E-state index contributed by atoms with van der Waals surface area (Å²) in [5.41, 5.74) is 5.22. The minimum atomic E-state index is -0.00823. The van der Waals surface area contributed by atoms with Crippen LogP contribution in [0.4, 0.5) is 0 Å². The molecule has 0 saturated heterocycles. The summed E-state index contributed by atoms with van der Waals surface area (Å²) in [5, 5.41) is 0.858. The molecule has 0 atom stereocenters. The van der Waals surface area contributed by atoms with Gasteiger partial charge in [-0.15, -0.1) is 0 Å². The standard InChI is InChI=1S/C25H22BrN3O/c1-17-23(25(30)29(2)15-13-20-10-6-7-14-27-20)21-16-19(26)11-12-22(21)28-24(17)18-8-4-3-5-9-18/h3-12,14,16H,13,15H2,1-2H3. The van der Waals surface area contributed by atoms with Crippen LogP contribution in [0.3, 0.4) is 0 Å². The van der Waals surface area contributed by atoms with Crippen LogP contribution in [0.15, 0.2) is 77.4 Å². The Kier molecular flexibility index (Phi) is 5.91. The molecule has 0 saturated carbocycles. The third-order valence-corrected chi connectivity index (χ3v) is 5.72. The Morgan fingerprint density at radius 2 is 1.80 bits per heavy atom. The highest BCUT2D eigenvalue weighted by Crippen LogP contribution is 2.32. The maximum atomic E-state index is 13.6. The van der Waals surface area contributed by atoms with E-state index in [1.807, 2.05) is 80.7 Å². The molecular formula is C25H22BrN3O. The summed E-state index contributed by atoms with van der Waals surface area (Å²) in [7, 11) is 1.84. The zero-order valence-corrected chi connectivity index (χ0v) is 18.6. The number of halogens is 1. The molecule has 4 nitrogen and oxygen atoms in total. The molecule has 150 valence electrons. The number of carbonyl (C=O) groups excluding carboxylic acids is 1. The van der Waals surface area contributed by atoms with E-state index < -0.39 is 0 Å². The fourth-order valence-electron chi connectivity index (χ4n) is 3.60. The third-order valence-electron chi connectivity index (χ3n) is 5.23. The molecule has 0 N–H and O–H groups in total. The first-order valence-electron chi connectivity index (χ1n) is 9.85. The average Bonchev–Trinajstić information content (AvgIpc) is 2.78. The first-order chi connectivity index (χ1) is 14.5. The van der Waals surface area contributed by atoms with Crippen molar-refractivity contribution in [3.63, 3.8) is 0 Å². The number of likely N-dealkylation sites (N-methyl/N-ethyl adjacent to an activating group) is 1. The first-order valence-corrected chi connectivity index (χ1v) is 10.6. The van der Waals surface area contributed by atoms with Crippen molar-refractivity contribution < 1.29 is 4.79 Å². The molecule has 2 heterocycles. The molecule has 2 aromatic carbocycles. The van der Waals surface area contributed by atoms with Crippen molar-refractivity contribution in [2.24, 2.45) is 0 Å². The molecule has 30 heavy (non-hydrogen) atoms.